The zero-order valence-corrected chi connectivity index (χ0v) is 14.2. The maximum Gasteiger partial charge on any atom is 0.273 e. The van der Waals surface area contributed by atoms with Crippen LogP contribution in [0.25, 0.3) is 10.6 Å². The van der Waals surface area contributed by atoms with Gasteiger partial charge in [0, 0.05) is 36.7 Å². The van der Waals surface area contributed by atoms with Crippen LogP contribution >= 0.6 is 11.3 Å². The van der Waals surface area contributed by atoms with E-state index < -0.39 is 0 Å². The van der Waals surface area contributed by atoms with E-state index in [0.29, 0.717) is 25.4 Å². The normalized spacial score (nSPS) is 10.7. The van der Waals surface area contributed by atoms with Crippen LogP contribution in [-0.4, -0.2) is 36.1 Å². The summed E-state index contributed by atoms with van der Waals surface area (Å²) in [5.41, 5.74) is 2.41. The number of benzene rings is 1. The monoisotopic (exact) mass is 342 g/mol. The first-order valence-corrected chi connectivity index (χ1v) is 8.46. The molecule has 2 aromatic heterocycles. The van der Waals surface area contributed by atoms with E-state index in [1.807, 2.05) is 36.4 Å². The van der Waals surface area contributed by atoms with Crippen molar-refractivity contribution in [1.82, 2.24) is 9.88 Å². The highest BCUT2D eigenvalue weighted by Crippen LogP contribution is 2.24. The van der Waals surface area contributed by atoms with Gasteiger partial charge in [0.2, 0.25) is 0 Å². The highest BCUT2D eigenvalue weighted by atomic mass is 32.1. The number of hydrogen-bond donors (Lipinski definition) is 0. The Balaban J connectivity index is 1.78. The smallest absolute Gasteiger partial charge is 0.273 e. The number of carbonyl (C=O) groups excluding carboxylic acids is 1. The molecule has 1 aromatic carbocycles. The summed E-state index contributed by atoms with van der Waals surface area (Å²) in [6, 6.07) is 11.7. The Labute approximate surface area is 144 Å². The lowest BCUT2D eigenvalue weighted by atomic mass is 10.2. The van der Waals surface area contributed by atoms with Crippen LogP contribution in [0.15, 0.2) is 58.7 Å². The maximum atomic E-state index is 12.8. The van der Waals surface area contributed by atoms with Crippen LogP contribution in [-0.2, 0) is 11.3 Å². The van der Waals surface area contributed by atoms with Crippen molar-refractivity contribution in [2.75, 3.05) is 20.3 Å². The van der Waals surface area contributed by atoms with Crippen LogP contribution in [0.4, 0.5) is 0 Å². The number of thiazole rings is 1. The van der Waals surface area contributed by atoms with E-state index in [4.69, 9.17) is 9.15 Å². The molecule has 0 radical (unpaired) electrons. The van der Waals surface area contributed by atoms with E-state index in [2.05, 4.69) is 4.98 Å². The van der Waals surface area contributed by atoms with Crippen molar-refractivity contribution in [2.45, 2.75) is 6.54 Å². The SMILES string of the molecule is COCCN(Cc1ccoc1)C(=O)c1csc(-c2ccccc2)n1. The van der Waals surface area contributed by atoms with E-state index in [-0.39, 0.29) is 5.91 Å². The van der Waals surface area contributed by atoms with Gasteiger partial charge in [-0.3, -0.25) is 4.79 Å². The van der Waals surface area contributed by atoms with Crippen molar-refractivity contribution >= 4 is 17.2 Å². The lowest BCUT2D eigenvalue weighted by molar-refractivity contribution is 0.0675. The van der Waals surface area contributed by atoms with Crippen molar-refractivity contribution < 1.29 is 13.9 Å². The van der Waals surface area contributed by atoms with Crippen LogP contribution in [0.2, 0.25) is 0 Å². The third kappa shape index (κ3) is 3.90. The molecule has 0 atom stereocenters. The molecule has 24 heavy (non-hydrogen) atoms. The molecule has 6 heteroatoms. The summed E-state index contributed by atoms with van der Waals surface area (Å²) in [7, 11) is 1.62. The number of methoxy groups -OCH3 is 1. The lowest BCUT2D eigenvalue weighted by Gasteiger charge is -2.20. The maximum absolute atomic E-state index is 12.8. The standard InChI is InChI=1S/C18H18N2O3S/c1-22-10-8-20(11-14-7-9-23-12-14)18(21)16-13-24-17(19-16)15-5-3-2-4-6-15/h2-7,9,12-13H,8,10-11H2,1H3. The number of ether oxygens (including phenoxy) is 1. The number of hydrogen-bond acceptors (Lipinski definition) is 5. The van der Waals surface area contributed by atoms with Crippen molar-refractivity contribution in [3.8, 4) is 10.6 Å². The minimum atomic E-state index is -0.105. The summed E-state index contributed by atoms with van der Waals surface area (Å²) < 4.78 is 10.2. The molecule has 0 saturated carbocycles. The summed E-state index contributed by atoms with van der Waals surface area (Å²) in [6.07, 6.45) is 3.24. The van der Waals surface area contributed by atoms with Gasteiger partial charge in [-0.1, -0.05) is 30.3 Å². The van der Waals surface area contributed by atoms with Crippen molar-refractivity contribution in [2.24, 2.45) is 0 Å². The van der Waals surface area contributed by atoms with Gasteiger partial charge in [0.05, 0.1) is 19.1 Å². The Morgan fingerprint density at radius 3 is 2.83 bits per heavy atom. The van der Waals surface area contributed by atoms with Gasteiger partial charge in [-0.25, -0.2) is 4.98 Å². The molecule has 2 heterocycles. The van der Waals surface area contributed by atoms with Gasteiger partial charge in [-0.05, 0) is 6.07 Å². The second-order valence-corrected chi connectivity index (χ2v) is 6.11. The molecular formula is C18H18N2O3S. The van der Waals surface area contributed by atoms with E-state index in [9.17, 15) is 4.79 Å². The number of amides is 1. The van der Waals surface area contributed by atoms with Crippen LogP contribution < -0.4 is 0 Å². The zero-order chi connectivity index (χ0) is 16.8. The van der Waals surface area contributed by atoms with E-state index in [1.54, 1.807) is 29.9 Å². The van der Waals surface area contributed by atoms with E-state index in [0.717, 1.165) is 16.1 Å². The lowest BCUT2D eigenvalue weighted by Crippen LogP contribution is -2.33. The number of nitrogens with zero attached hydrogens (tertiary/aromatic N) is 2. The highest BCUT2D eigenvalue weighted by Gasteiger charge is 2.19. The quantitative estimate of drug-likeness (QED) is 0.657. The fraction of sp³-hybridized carbons (Fsp3) is 0.222. The van der Waals surface area contributed by atoms with Crippen molar-refractivity contribution in [3.05, 3.63) is 65.6 Å². The first kappa shape index (κ1) is 16.4. The minimum Gasteiger partial charge on any atom is -0.472 e. The molecule has 0 aliphatic carbocycles. The van der Waals surface area contributed by atoms with E-state index in [1.165, 1.54) is 11.3 Å². The third-order valence-corrected chi connectivity index (χ3v) is 4.44. The molecule has 3 rings (SSSR count). The number of aromatic nitrogens is 1. The van der Waals surface area contributed by atoms with Crippen LogP contribution in [0.3, 0.4) is 0 Å². The molecule has 0 fully saturated rings. The summed E-state index contributed by atoms with van der Waals surface area (Å²) >= 11 is 1.47. The highest BCUT2D eigenvalue weighted by molar-refractivity contribution is 7.13. The van der Waals surface area contributed by atoms with Crippen LogP contribution in [0.1, 0.15) is 16.1 Å². The van der Waals surface area contributed by atoms with Gasteiger partial charge in [-0.2, -0.15) is 0 Å². The number of carbonyl (C=O) groups is 1. The molecule has 0 saturated heterocycles. The molecule has 0 bridgehead atoms. The molecule has 124 valence electrons. The molecule has 0 N–H and O–H groups in total. The fourth-order valence-corrected chi connectivity index (χ4v) is 3.10. The third-order valence-electron chi connectivity index (χ3n) is 3.55. The average Bonchev–Trinajstić information content (AvgIpc) is 3.30. The van der Waals surface area contributed by atoms with Gasteiger partial charge in [0.15, 0.2) is 0 Å². The summed E-state index contributed by atoms with van der Waals surface area (Å²) in [4.78, 5) is 19.0. The van der Waals surface area contributed by atoms with Crippen LogP contribution in [0, 0.1) is 0 Å². The first-order chi connectivity index (χ1) is 11.8. The fourth-order valence-electron chi connectivity index (χ4n) is 2.30. The Morgan fingerprint density at radius 1 is 1.29 bits per heavy atom. The summed E-state index contributed by atoms with van der Waals surface area (Å²) in [6.45, 7) is 1.44. The molecule has 5 nitrogen and oxygen atoms in total. The van der Waals surface area contributed by atoms with Crippen molar-refractivity contribution in [1.29, 1.82) is 0 Å². The molecule has 1 amide bonds. The molecule has 0 spiro atoms. The number of rotatable bonds is 7. The predicted molar refractivity (Wildman–Crippen MR) is 92.9 cm³/mol. The molecule has 0 aliphatic heterocycles. The van der Waals surface area contributed by atoms with Crippen LogP contribution in [0.5, 0.6) is 0 Å². The first-order valence-electron chi connectivity index (χ1n) is 7.58. The minimum absolute atomic E-state index is 0.105. The summed E-state index contributed by atoms with van der Waals surface area (Å²) in [5.74, 6) is -0.105. The molecule has 0 aliphatic rings. The Kier molecular flexibility index (Phi) is 5.40. The topological polar surface area (TPSA) is 55.6 Å². The van der Waals surface area contributed by atoms with E-state index >= 15 is 0 Å². The number of furan rings is 1. The summed E-state index contributed by atoms with van der Waals surface area (Å²) in [5, 5.41) is 2.65. The Hall–Kier alpha value is -2.44. The van der Waals surface area contributed by atoms with Gasteiger partial charge >= 0.3 is 0 Å². The second kappa shape index (κ2) is 7.90. The average molecular weight is 342 g/mol. The van der Waals surface area contributed by atoms with Gasteiger partial charge < -0.3 is 14.1 Å². The molecular weight excluding hydrogens is 324 g/mol. The molecule has 0 unspecified atom stereocenters. The second-order valence-electron chi connectivity index (χ2n) is 5.26. The largest absolute Gasteiger partial charge is 0.472 e. The van der Waals surface area contributed by atoms with Gasteiger partial charge in [0.1, 0.15) is 10.7 Å². The Bertz CT molecular complexity index is 769. The van der Waals surface area contributed by atoms with Gasteiger partial charge in [-0.15, -0.1) is 11.3 Å². The predicted octanol–water partition coefficient (Wildman–Crippen LogP) is 3.69. The Morgan fingerprint density at radius 2 is 2.12 bits per heavy atom. The molecule has 3 aromatic rings. The zero-order valence-electron chi connectivity index (χ0n) is 13.3. The van der Waals surface area contributed by atoms with Crippen molar-refractivity contribution in [3.63, 3.8) is 0 Å². The van der Waals surface area contributed by atoms with Gasteiger partial charge in [0.25, 0.3) is 5.91 Å².